The lowest BCUT2D eigenvalue weighted by Crippen LogP contribution is -2.22. The second-order valence-corrected chi connectivity index (χ2v) is 6.06. The van der Waals surface area contributed by atoms with Gasteiger partial charge in [0.05, 0.1) is 19.9 Å². The van der Waals surface area contributed by atoms with Gasteiger partial charge in [-0.2, -0.15) is 0 Å². The molecule has 0 bridgehead atoms. The summed E-state index contributed by atoms with van der Waals surface area (Å²) in [5.74, 6) is 0.252. The number of carbonyl (C=O) groups excluding carboxylic acids is 2. The fourth-order valence-electron chi connectivity index (χ4n) is 2.79. The average Bonchev–Trinajstić information content (AvgIpc) is 2.70. The summed E-state index contributed by atoms with van der Waals surface area (Å²) in [7, 11) is 3.05. The zero-order valence-electron chi connectivity index (χ0n) is 16.7. The number of amides is 2. The van der Waals surface area contributed by atoms with Crippen molar-refractivity contribution in [2.75, 3.05) is 42.8 Å². The van der Waals surface area contributed by atoms with Crippen molar-refractivity contribution in [1.82, 2.24) is 0 Å². The number of carbonyl (C=O) groups is 2. The van der Waals surface area contributed by atoms with E-state index in [4.69, 9.17) is 9.47 Å². The van der Waals surface area contributed by atoms with Gasteiger partial charge in [0.2, 0.25) is 11.8 Å². The zero-order chi connectivity index (χ0) is 20.5. The Bertz CT molecular complexity index is 802. The van der Waals surface area contributed by atoms with Crippen molar-refractivity contribution in [3.05, 3.63) is 42.5 Å². The highest BCUT2D eigenvalue weighted by Crippen LogP contribution is 2.29. The number of ether oxygens (including phenoxy) is 2. The molecule has 0 aliphatic carbocycles. The molecule has 2 aromatic carbocycles. The van der Waals surface area contributed by atoms with Crippen LogP contribution < -0.4 is 25.0 Å². The predicted molar refractivity (Wildman–Crippen MR) is 111 cm³/mol. The first-order valence-electron chi connectivity index (χ1n) is 9.17. The maximum absolute atomic E-state index is 12.2. The summed E-state index contributed by atoms with van der Waals surface area (Å²) in [6.45, 7) is 6.01. The standard InChI is InChI=1S/C21H27N3O4/c1-5-24(6-2)16-9-7-15(8-10-16)22-20(25)14-21(26)23-18-12-11-17(27-3)13-19(18)28-4/h7-13H,5-6,14H2,1-4H3,(H,22,25)(H,23,26). The molecular formula is C21H27N3O4. The first-order chi connectivity index (χ1) is 13.5. The van der Waals surface area contributed by atoms with Gasteiger partial charge in [0.1, 0.15) is 17.9 Å². The van der Waals surface area contributed by atoms with Crippen LogP contribution in [-0.4, -0.2) is 39.1 Å². The molecule has 0 radical (unpaired) electrons. The summed E-state index contributed by atoms with van der Waals surface area (Å²) in [5.41, 5.74) is 2.22. The minimum Gasteiger partial charge on any atom is -0.497 e. The molecule has 2 aromatic rings. The van der Waals surface area contributed by atoms with E-state index in [1.54, 1.807) is 25.3 Å². The highest BCUT2D eigenvalue weighted by molar-refractivity contribution is 6.08. The molecule has 0 aromatic heterocycles. The third-order valence-corrected chi connectivity index (χ3v) is 4.28. The number of hydrogen-bond acceptors (Lipinski definition) is 5. The number of nitrogens with one attached hydrogen (secondary N) is 2. The first kappa shape index (κ1) is 21.1. The van der Waals surface area contributed by atoms with Crippen LogP contribution in [0.4, 0.5) is 17.1 Å². The van der Waals surface area contributed by atoms with Crippen LogP contribution in [0.5, 0.6) is 11.5 Å². The van der Waals surface area contributed by atoms with Crippen molar-refractivity contribution < 1.29 is 19.1 Å². The molecule has 150 valence electrons. The number of rotatable bonds is 9. The molecule has 0 unspecified atom stereocenters. The first-order valence-corrected chi connectivity index (χ1v) is 9.17. The zero-order valence-corrected chi connectivity index (χ0v) is 16.7. The Labute approximate surface area is 165 Å². The number of benzene rings is 2. The van der Waals surface area contributed by atoms with E-state index in [9.17, 15) is 9.59 Å². The molecule has 2 rings (SSSR count). The van der Waals surface area contributed by atoms with E-state index in [0.717, 1.165) is 18.8 Å². The summed E-state index contributed by atoms with van der Waals surface area (Å²) in [5, 5.41) is 5.42. The lowest BCUT2D eigenvalue weighted by atomic mass is 10.2. The normalized spacial score (nSPS) is 10.1. The SMILES string of the molecule is CCN(CC)c1ccc(NC(=O)CC(=O)Nc2ccc(OC)cc2OC)cc1. The molecule has 2 N–H and O–H groups in total. The molecule has 28 heavy (non-hydrogen) atoms. The number of methoxy groups -OCH3 is 2. The van der Waals surface area contributed by atoms with Crippen LogP contribution in [0.2, 0.25) is 0 Å². The Morgan fingerprint density at radius 2 is 1.54 bits per heavy atom. The van der Waals surface area contributed by atoms with Crippen molar-refractivity contribution in [3.8, 4) is 11.5 Å². The molecule has 0 aliphatic heterocycles. The van der Waals surface area contributed by atoms with E-state index in [0.29, 0.717) is 22.9 Å². The highest BCUT2D eigenvalue weighted by atomic mass is 16.5. The van der Waals surface area contributed by atoms with E-state index in [1.165, 1.54) is 7.11 Å². The molecule has 7 nitrogen and oxygen atoms in total. The Hall–Kier alpha value is -3.22. The van der Waals surface area contributed by atoms with E-state index in [2.05, 4.69) is 29.4 Å². The van der Waals surface area contributed by atoms with Crippen LogP contribution in [0.1, 0.15) is 20.3 Å². The van der Waals surface area contributed by atoms with E-state index < -0.39 is 5.91 Å². The van der Waals surface area contributed by atoms with Crippen molar-refractivity contribution in [2.24, 2.45) is 0 Å². The molecule has 0 aliphatic rings. The molecule has 7 heteroatoms. The van der Waals surface area contributed by atoms with Crippen LogP contribution in [0.3, 0.4) is 0 Å². The van der Waals surface area contributed by atoms with E-state index in [-0.39, 0.29) is 12.3 Å². The Morgan fingerprint density at radius 3 is 2.11 bits per heavy atom. The summed E-state index contributed by atoms with van der Waals surface area (Å²) < 4.78 is 10.4. The second kappa shape index (κ2) is 10.2. The third kappa shape index (κ3) is 5.64. The minimum absolute atomic E-state index is 0.299. The highest BCUT2D eigenvalue weighted by Gasteiger charge is 2.13. The van der Waals surface area contributed by atoms with Gasteiger partial charge >= 0.3 is 0 Å². The Morgan fingerprint density at radius 1 is 0.893 bits per heavy atom. The van der Waals surface area contributed by atoms with Gasteiger partial charge in [-0.1, -0.05) is 0 Å². The van der Waals surface area contributed by atoms with Crippen LogP contribution >= 0.6 is 0 Å². The van der Waals surface area contributed by atoms with Gasteiger partial charge in [0.25, 0.3) is 0 Å². The minimum atomic E-state index is -0.430. The third-order valence-electron chi connectivity index (χ3n) is 4.28. The number of anilines is 3. The Kier molecular flexibility index (Phi) is 7.68. The molecule has 0 atom stereocenters. The summed E-state index contributed by atoms with van der Waals surface area (Å²) in [6, 6.07) is 12.6. The van der Waals surface area contributed by atoms with E-state index in [1.807, 2.05) is 24.3 Å². The van der Waals surface area contributed by atoms with Gasteiger partial charge in [-0.05, 0) is 50.2 Å². The quantitative estimate of drug-likeness (QED) is 0.646. The van der Waals surface area contributed by atoms with Crippen molar-refractivity contribution in [2.45, 2.75) is 20.3 Å². The topological polar surface area (TPSA) is 79.9 Å². The molecule has 0 saturated heterocycles. The molecule has 0 fully saturated rings. The van der Waals surface area contributed by atoms with Crippen LogP contribution in [0, 0.1) is 0 Å². The van der Waals surface area contributed by atoms with Gasteiger partial charge in [-0.15, -0.1) is 0 Å². The van der Waals surface area contributed by atoms with Crippen molar-refractivity contribution >= 4 is 28.9 Å². The molecule has 0 heterocycles. The van der Waals surface area contributed by atoms with Crippen molar-refractivity contribution in [1.29, 1.82) is 0 Å². The van der Waals surface area contributed by atoms with E-state index >= 15 is 0 Å². The summed E-state index contributed by atoms with van der Waals surface area (Å²) in [4.78, 5) is 26.6. The second-order valence-electron chi connectivity index (χ2n) is 6.06. The maximum atomic E-state index is 12.2. The van der Waals surface area contributed by atoms with Crippen molar-refractivity contribution in [3.63, 3.8) is 0 Å². The summed E-state index contributed by atoms with van der Waals surface area (Å²) in [6.07, 6.45) is -0.299. The largest absolute Gasteiger partial charge is 0.497 e. The smallest absolute Gasteiger partial charge is 0.233 e. The van der Waals surface area contributed by atoms with Crippen LogP contribution in [0.15, 0.2) is 42.5 Å². The Balaban J connectivity index is 1.93. The van der Waals surface area contributed by atoms with Gasteiger partial charge in [0.15, 0.2) is 0 Å². The van der Waals surface area contributed by atoms with Gasteiger partial charge in [0, 0.05) is 30.5 Å². The lowest BCUT2D eigenvalue weighted by molar-refractivity contribution is -0.123. The monoisotopic (exact) mass is 385 g/mol. The molecule has 0 spiro atoms. The molecular weight excluding hydrogens is 358 g/mol. The van der Waals surface area contributed by atoms with Gasteiger partial charge < -0.3 is 25.0 Å². The molecule has 0 saturated carbocycles. The van der Waals surface area contributed by atoms with Crippen LogP contribution in [-0.2, 0) is 9.59 Å². The average molecular weight is 385 g/mol. The maximum Gasteiger partial charge on any atom is 0.233 e. The number of nitrogens with zero attached hydrogens (tertiary/aromatic N) is 1. The fourth-order valence-corrected chi connectivity index (χ4v) is 2.79. The van der Waals surface area contributed by atoms with Gasteiger partial charge in [-0.3, -0.25) is 9.59 Å². The lowest BCUT2D eigenvalue weighted by Gasteiger charge is -2.21. The summed E-state index contributed by atoms with van der Waals surface area (Å²) >= 11 is 0. The molecule has 2 amide bonds. The number of hydrogen-bond donors (Lipinski definition) is 2. The van der Waals surface area contributed by atoms with Gasteiger partial charge in [-0.25, -0.2) is 0 Å². The fraction of sp³-hybridized carbons (Fsp3) is 0.333. The van der Waals surface area contributed by atoms with Crippen LogP contribution in [0.25, 0.3) is 0 Å². The predicted octanol–water partition coefficient (Wildman–Crippen LogP) is 3.52.